The second-order valence-corrected chi connectivity index (χ2v) is 9.42. The van der Waals surface area contributed by atoms with Crippen LogP contribution in [-0.4, -0.2) is 76.0 Å². The number of methoxy groups -OCH3 is 1. The van der Waals surface area contributed by atoms with E-state index in [1.165, 1.54) is 16.3 Å². The predicted octanol–water partition coefficient (Wildman–Crippen LogP) is 1.74. The summed E-state index contributed by atoms with van der Waals surface area (Å²) in [6.45, 7) is 6.79. The monoisotopic (exact) mass is 440 g/mol. The van der Waals surface area contributed by atoms with E-state index in [4.69, 9.17) is 9.47 Å². The normalized spacial score (nSPS) is 15.7. The van der Waals surface area contributed by atoms with Crippen LogP contribution in [0.5, 0.6) is 0 Å². The van der Waals surface area contributed by atoms with E-state index in [-0.39, 0.29) is 49.5 Å². The van der Waals surface area contributed by atoms with Crippen LogP contribution >= 0.6 is 0 Å². The molecule has 0 spiro atoms. The second-order valence-electron chi connectivity index (χ2n) is 7.48. The molecule has 1 heterocycles. The number of esters is 1. The van der Waals surface area contributed by atoms with Crippen LogP contribution in [0, 0.1) is 19.8 Å². The summed E-state index contributed by atoms with van der Waals surface area (Å²) in [6.07, 6.45) is 0.824. The molecule has 0 unspecified atom stereocenters. The smallest absolute Gasteiger partial charge is 0.325 e. The number of piperidine rings is 1. The van der Waals surface area contributed by atoms with Crippen LogP contribution in [0.15, 0.2) is 23.1 Å². The van der Waals surface area contributed by atoms with Gasteiger partial charge in [-0.15, -0.1) is 0 Å². The van der Waals surface area contributed by atoms with Gasteiger partial charge in [0.1, 0.15) is 6.54 Å². The summed E-state index contributed by atoms with van der Waals surface area (Å²) in [5.74, 6) is -0.956. The highest BCUT2D eigenvalue weighted by atomic mass is 32.2. The minimum atomic E-state index is -3.60. The molecule has 0 aliphatic carbocycles. The molecule has 8 nitrogen and oxygen atoms in total. The molecule has 0 N–H and O–H groups in total. The molecular weight excluding hydrogens is 408 g/mol. The molecule has 168 valence electrons. The average molecular weight is 441 g/mol. The van der Waals surface area contributed by atoms with Crippen LogP contribution in [0.25, 0.3) is 0 Å². The third-order valence-electron chi connectivity index (χ3n) is 5.42. The van der Waals surface area contributed by atoms with Gasteiger partial charge in [-0.25, -0.2) is 8.42 Å². The van der Waals surface area contributed by atoms with Gasteiger partial charge >= 0.3 is 5.97 Å². The number of rotatable bonds is 9. The Morgan fingerprint density at radius 1 is 1.17 bits per heavy atom. The minimum Gasteiger partial charge on any atom is -0.465 e. The SMILES string of the molecule is CCOC(=O)CN(CCOC)C(=O)C1CCN(S(=O)(=O)c2ccc(C)c(C)c2)CC1. The third kappa shape index (κ3) is 6.02. The number of aryl methyl sites for hydroxylation is 2. The number of carbonyl (C=O) groups excluding carboxylic acids is 2. The topological polar surface area (TPSA) is 93.2 Å². The van der Waals surface area contributed by atoms with Gasteiger partial charge in [-0.05, 0) is 56.9 Å². The number of amides is 1. The summed E-state index contributed by atoms with van der Waals surface area (Å²) >= 11 is 0. The van der Waals surface area contributed by atoms with E-state index in [0.717, 1.165) is 11.1 Å². The molecule has 1 aromatic rings. The van der Waals surface area contributed by atoms with Gasteiger partial charge in [-0.3, -0.25) is 9.59 Å². The first-order chi connectivity index (χ1) is 14.2. The quantitative estimate of drug-likeness (QED) is 0.543. The number of carbonyl (C=O) groups is 2. The van der Waals surface area contributed by atoms with Crippen molar-refractivity contribution >= 4 is 21.9 Å². The Balaban J connectivity index is 2.03. The van der Waals surface area contributed by atoms with E-state index in [2.05, 4.69) is 0 Å². The summed E-state index contributed by atoms with van der Waals surface area (Å²) in [7, 11) is -2.07. The van der Waals surface area contributed by atoms with Gasteiger partial charge in [-0.2, -0.15) is 4.31 Å². The molecule has 1 fully saturated rings. The van der Waals surface area contributed by atoms with Crippen LogP contribution < -0.4 is 0 Å². The third-order valence-corrected chi connectivity index (χ3v) is 7.32. The molecule has 0 bridgehead atoms. The van der Waals surface area contributed by atoms with Crippen LogP contribution in [0.1, 0.15) is 30.9 Å². The van der Waals surface area contributed by atoms with E-state index in [0.29, 0.717) is 19.4 Å². The second kappa shape index (κ2) is 10.9. The number of ether oxygens (including phenoxy) is 2. The molecule has 2 rings (SSSR count). The van der Waals surface area contributed by atoms with Crippen molar-refractivity contribution in [2.24, 2.45) is 5.92 Å². The zero-order valence-corrected chi connectivity index (χ0v) is 19.0. The Labute approximate surface area is 179 Å². The highest BCUT2D eigenvalue weighted by molar-refractivity contribution is 7.89. The summed E-state index contributed by atoms with van der Waals surface area (Å²) < 4.78 is 37.4. The fraction of sp³-hybridized carbons (Fsp3) is 0.619. The lowest BCUT2D eigenvalue weighted by Gasteiger charge is -2.33. The maximum atomic E-state index is 13.0. The number of benzene rings is 1. The fourth-order valence-electron chi connectivity index (χ4n) is 3.46. The molecule has 0 saturated carbocycles. The van der Waals surface area contributed by atoms with E-state index < -0.39 is 16.0 Å². The van der Waals surface area contributed by atoms with Crippen molar-refractivity contribution in [3.8, 4) is 0 Å². The van der Waals surface area contributed by atoms with Crippen molar-refractivity contribution in [2.45, 2.75) is 38.5 Å². The molecule has 1 aliphatic heterocycles. The lowest BCUT2D eigenvalue weighted by atomic mass is 9.96. The zero-order valence-electron chi connectivity index (χ0n) is 18.2. The van der Waals surface area contributed by atoms with Gasteiger partial charge in [0, 0.05) is 32.7 Å². The number of hydrogen-bond acceptors (Lipinski definition) is 6. The van der Waals surface area contributed by atoms with Crippen molar-refractivity contribution in [2.75, 3.05) is 46.5 Å². The largest absolute Gasteiger partial charge is 0.465 e. The Kier molecular flexibility index (Phi) is 8.81. The van der Waals surface area contributed by atoms with E-state index in [1.807, 2.05) is 19.9 Å². The maximum absolute atomic E-state index is 13.0. The predicted molar refractivity (Wildman–Crippen MR) is 112 cm³/mol. The summed E-state index contributed by atoms with van der Waals surface area (Å²) in [5, 5.41) is 0. The molecule has 0 aromatic heterocycles. The molecule has 1 saturated heterocycles. The highest BCUT2D eigenvalue weighted by Crippen LogP contribution is 2.26. The summed E-state index contributed by atoms with van der Waals surface area (Å²) in [4.78, 5) is 26.5. The molecule has 0 radical (unpaired) electrons. The molecule has 0 atom stereocenters. The molecular formula is C21H32N2O6S. The van der Waals surface area contributed by atoms with Gasteiger partial charge in [-0.1, -0.05) is 6.07 Å². The average Bonchev–Trinajstić information content (AvgIpc) is 2.72. The van der Waals surface area contributed by atoms with Gasteiger partial charge in [0.05, 0.1) is 18.1 Å². The first-order valence-electron chi connectivity index (χ1n) is 10.2. The van der Waals surface area contributed by atoms with Crippen molar-refractivity contribution in [3.05, 3.63) is 29.3 Å². The molecule has 9 heteroatoms. The van der Waals surface area contributed by atoms with Crippen LogP contribution in [0.2, 0.25) is 0 Å². The van der Waals surface area contributed by atoms with Crippen LogP contribution in [0.4, 0.5) is 0 Å². The van der Waals surface area contributed by atoms with E-state index >= 15 is 0 Å². The Hall–Kier alpha value is -1.97. The van der Waals surface area contributed by atoms with E-state index in [1.54, 1.807) is 19.1 Å². The summed E-state index contributed by atoms with van der Waals surface area (Å²) in [6, 6.07) is 5.12. The zero-order chi connectivity index (χ0) is 22.3. The van der Waals surface area contributed by atoms with E-state index in [9.17, 15) is 18.0 Å². The molecule has 1 aromatic carbocycles. The Morgan fingerprint density at radius 3 is 2.40 bits per heavy atom. The molecule has 1 amide bonds. The van der Waals surface area contributed by atoms with Crippen LogP contribution in [0.3, 0.4) is 0 Å². The standard InChI is InChI=1S/C21H32N2O6S/c1-5-29-20(24)15-22(12-13-28-4)21(25)18-8-10-23(11-9-18)30(26,27)19-7-6-16(2)17(3)14-19/h6-7,14,18H,5,8-13,15H2,1-4H3. The Morgan fingerprint density at radius 2 is 1.83 bits per heavy atom. The van der Waals surface area contributed by atoms with Crippen molar-refractivity contribution in [3.63, 3.8) is 0 Å². The van der Waals surface area contributed by atoms with Crippen molar-refractivity contribution in [1.82, 2.24) is 9.21 Å². The number of hydrogen-bond donors (Lipinski definition) is 0. The van der Waals surface area contributed by atoms with Gasteiger partial charge in [0.25, 0.3) is 0 Å². The number of nitrogens with zero attached hydrogens (tertiary/aromatic N) is 2. The first kappa shape index (κ1) is 24.3. The molecule has 1 aliphatic rings. The summed E-state index contributed by atoms with van der Waals surface area (Å²) in [5.41, 5.74) is 1.96. The van der Waals surface area contributed by atoms with Gasteiger partial charge in [0.15, 0.2) is 0 Å². The molecule has 30 heavy (non-hydrogen) atoms. The maximum Gasteiger partial charge on any atom is 0.325 e. The lowest BCUT2D eigenvalue weighted by molar-refractivity contribution is -0.151. The van der Waals surface area contributed by atoms with Gasteiger partial charge < -0.3 is 14.4 Å². The van der Waals surface area contributed by atoms with Crippen LogP contribution in [-0.2, 0) is 29.1 Å². The Bertz CT molecular complexity index is 847. The number of sulfonamides is 1. The lowest BCUT2D eigenvalue weighted by Crippen LogP contribution is -2.46. The first-order valence-corrected chi connectivity index (χ1v) is 11.7. The minimum absolute atomic E-state index is 0.128. The fourth-order valence-corrected chi connectivity index (χ4v) is 5.01. The highest BCUT2D eigenvalue weighted by Gasteiger charge is 2.34. The van der Waals surface area contributed by atoms with Gasteiger partial charge in [0.2, 0.25) is 15.9 Å². The van der Waals surface area contributed by atoms with Crippen molar-refractivity contribution in [1.29, 1.82) is 0 Å². The van der Waals surface area contributed by atoms with Crippen molar-refractivity contribution < 1.29 is 27.5 Å².